The lowest BCUT2D eigenvalue weighted by molar-refractivity contribution is 0.0696. The molecular formula is C13H12N2O5. The number of nitrogens with one attached hydrogen (secondary N) is 1. The number of carboxylic acid groups (broad SMARTS) is 1. The number of benzene rings is 1. The molecule has 2 N–H and O–H groups in total. The lowest BCUT2D eigenvalue weighted by Gasteiger charge is -2.10. The molecule has 0 aliphatic heterocycles. The quantitative estimate of drug-likeness (QED) is 0.879. The summed E-state index contributed by atoms with van der Waals surface area (Å²) in [5.74, 6) is -0.125. The Morgan fingerprint density at radius 1 is 1.30 bits per heavy atom. The van der Waals surface area contributed by atoms with E-state index in [1.165, 1.54) is 31.4 Å². The van der Waals surface area contributed by atoms with Crippen LogP contribution in [0.4, 0.5) is 0 Å². The monoisotopic (exact) mass is 276 g/mol. The first-order valence-corrected chi connectivity index (χ1v) is 5.67. The van der Waals surface area contributed by atoms with Gasteiger partial charge in [0.15, 0.2) is 11.5 Å². The van der Waals surface area contributed by atoms with Crippen LogP contribution in [0.3, 0.4) is 0 Å². The van der Waals surface area contributed by atoms with E-state index in [1.54, 1.807) is 6.92 Å². The van der Waals surface area contributed by atoms with Crippen molar-refractivity contribution in [1.29, 1.82) is 0 Å². The van der Waals surface area contributed by atoms with E-state index in [2.05, 4.69) is 9.97 Å². The zero-order chi connectivity index (χ0) is 14.7. The van der Waals surface area contributed by atoms with Crippen LogP contribution in [-0.2, 0) is 0 Å². The molecular weight excluding hydrogens is 264 g/mol. The molecule has 0 amide bonds. The third kappa shape index (κ3) is 2.94. The van der Waals surface area contributed by atoms with Crippen molar-refractivity contribution < 1.29 is 19.4 Å². The minimum Gasteiger partial charge on any atom is -0.493 e. The van der Waals surface area contributed by atoms with E-state index in [9.17, 15) is 9.59 Å². The van der Waals surface area contributed by atoms with E-state index in [1.807, 2.05) is 0 Å². The van der Waals surface area contributed by atoms with Gasteiger partial charge in [0.1, 0.15) is 5.82 Å². The Morgan fingerprint density at radius 2 is 2.05 bits per heavy atom. The highest BCUT2D eigenvalue weighted by atomic mass is 16.5. The second kappa shape index (κ2) is 5.43. The van der Waals surface area contributed by atoms with Crippen molar-refractivity contribution in [2.75, 3.05) is 7.11 Å². The molecule has 0 spiro atoms. The fourth-order valence-corrected chi connectivity index (χ4v) is 1.61. The van der Waals surface area contributed by atoms with Gasteiger partial charge in [-0.2, -0.15) is 0 Å². The van der Waals surface area contributed by atoms with Gasteiger partial charge >= 0.3 is 5.97 Å². The molecule has 1 aromatic carbocycles. The van der Waals surface area contributed by atoms with Crippen LogP contribution in [0.15, 0.2) is 29.1 Å². The van der Waals surface area contributed by atoms with Crippen molar-refractivity contribution in [2.45, 2.75) is 6.92 Å². The smallest absolute Gasteiger partial charge is 0.335 e. The van der Waals surface area contributed by atoms with E-state index in [0.717, 1.165) is 0 Å². The Morgan fingerprint density at radius 3 is 2.65 bits per heavy atom. The number of nitrogens with zero attached hydrogens (tertiary/aromatic N) is 1. The molecule has 0 atom stereocenters. The third-order valence-electron chi connectivity index (χ3n) is 2.46. The van der Waals surface area contributed by atoms with E-state index >= 15 is 0 Å². The van der Waals surface area contributed by atoms with Crippen molar-refractivity contribution >= 4 is 5.97 Å². The highest BCUT2D eigenvalue weighted by Gasteiger charge is 2.12. The first-order chi connectivity index (χ1) is 9.49. The summed E-state index contributed by atoms with van der Waals surface area (Å²) in [6, 6.07) is 5.34. The van der Waals surface area contributed by atoms with Gasteiger partial charge in [0.25, 0.3) is 5.56 Å². The summed E-state index contributed by atoms with van der Waals surface area (Å²) in [6.07, 6.45) is 0. The molecule has 0 fully saturated rings. The van der Waals surface area contributed by atoms with Crippen LogP contribution >= 0.6 is 0 Å². The van der Waals surface area contributed by atoms with Gasteiger partial charge < -0.3 is 19.6 Å². The topological polar surface area (TPSA) is 102 Å². The normalized spacial score (nSPS) is 10.1. The number of ether oxygens (including phenoxy) is 2. The van der Waals surface area contributed by atoms with E-state index < -0.39 is 5.97 Å². The first kappa shape index (κ1) is 13.6. The molecule has 0 aliphatic rings. The van der Waals surface area contributed by atoms with E-state index in [4.69, 9.17) is 14.6 Å². The van der Waals surface area contributed by atoms with Crippen molar-refractivity contribution in [3.05, 3.63) is 46.0 Å². The van der Waals surface area contributed by atoms with Gasteiger partial charge in [0.05, 0.1) is 18.7 Å². The maximum Gasteiger partial charge on any atom is 0.335 e. The van der Waals surface area contributed by atoms with Gasteiger partial charge in [-0.15, -0.1) is 0 Å². The summed E-state index contributed by atoms with van der Waals surface area (Å²) in [5.41, 5.74) is -0.316. The van der Waals surface area contributed by atoms with E-state index in [0.29, 0.717) is 11.6 Å². The summed E-state index contributed by atoms with van der Waals surface area (Å²) in [7, 11) is 1.43. The predicted molar refractivity (Wildman–Crippen MR) is 69.6 cm³/mol. The number of aromatic nitrogens is 2. The molecule has 1 aromatic heterocycles. The number of H-pyrrole nitrogens is 1. The minimum atomic E-state index is -1.09. The van der Waals surface area contributed by atoms with Crippen LogP contribution in [0.5, 0.6) is 17.4 Å². The number of hydrogen-bond acceptors (Lipinski definition) is 5. The molecule has 2 rings (SSSR count). The lowest BCUT2D eigenvalue weighted by Crippen LogP contribution is -2.08. The summed E-state index contributed by atoms with van der Waals surface area (Å²) in [6.45, 7) is 1.61. The standard InChI is InChI=1S/C13H12N2O5/c1-7-14-11(16)6-12(15-7)20-10-5-8(13(17)18)3-4-9(10)19-2/h3-6H,1-2H3,(H,17,18)(H,14,15,16). The molecule has 20 heavy (non-hydrogen) atoms. The number of aromatic carboxylic acids is 1. The Hall–Kier alpha value is -2.83. The molecule has 104 valence electrons. The molecule has 0 unspecified atom stereocenters. The van der Waals surface area contributed by atoms with Crippen molar-refractivity contribution in [1.82, 2.24) is 9.97 Å². The molecule has 0 bridgehead atoms. The highest BCUT2D eigenvalue weighted by Crippen LogP contribution is 2.31. The number of rotatable bonds is 4. The fourth-order valence-electron chi connectivity index (χ4n) is 1.61. The number of aromatic amines is 1. The average Bonchev–Trinajstić information content (AvgIpc) is 2.37. The van der Waals surface area contributed by atoms with Crippen molar-refractivity contribution in [3.8, 4) is 17.4 Å². The number of aryl methyl sites for hydroxylation is 1. The second-order valence-electron chi connectivity index (χ2n) is 3.94. The van der Waals surface area contributed by atoms with Gasteiger partial charge in [-0.05, 0) is 25.1 Å². The van der Waals surface area contributed by atoms with Gasteiger partial charge in [-0.1, -0.05) is 0 Å². The Balaban J connectivity index is 2.43. The van der Waals surface area contributed by atoms with E-state index in [-0.39, 0.29) is 22.8 Å². The number of carboxylic acids is 1. The summed E-state index contributed by atoms with van der Waals surface area (Å²) in [4.78, 5) is 28.8. The molecule has 0 saturated carbocycles. The average molecular weight is 276 g/mol. The first-order valence-electron chi connectivity index (χ1n) is 5.67. The number of hydrogen-bond donors (Lipinski definition) is 2. The molecule has 0 saturated heterocycles. The molecule has 1 heterocycles. The molecule has 2 aromatic rings. The van der Waals surface area contributed by atoms with Crippen molar-refractivity contribution in [3.63, 3.8) is 0 Å². The fraction of sp³-hybridized carbons (Fsp3) is 0.154. The summed E-state index contributed by atoms with van der Waals surface area (Å²) >= 11 is 0. The SMILES string of the molecule is COc1ccc(C(=O)O)cc1Oc1cc(=O)[nH]c(C)n1. The molecule has 0 aliphatic carbocycles. The second-order valence-corrected chi connectivity index (χ2v) is 3.94. The van der Waals surface area contributed by atoms with Crippen LogP contribution < -0.4 is 15.0 Å². The van der Waals surface area contributed by atoms with Gasteiger partial charge in [-0.3, -0.25) is 4.79 Å². The van der Waals surface area contributed by atoms with Crippen LogP contribution in [0.2, 0.25) is 0 Å². The van der Waals surface area contributed by atoms with Crippen LogP contribution in [0.1, 0.15) is 16.2 Å². The van der Waals surface area contributed by atoms with Crippen LogP contribution in [0, 0.1) is 6.92 Å². The molecule has 7 nitrogen and oxygen atoms in total. The third-order valence-corrected chi connectivity index (χ3v) is 2.46. The lowest BCUT2D eigenvalue weighted by atomic mass is 10.2. The van der Waals surface area contributed by atoms with Gasteiger partial charge in [-0.25, -0.2) is 9.78 Å². The number of methoxy groups -OCH3 is 1. The van der Waals surface area contributed by atoms with Crippen LogP contribution in [-0.4, -0.2) is 28.2 Å². The van der Waals surface area contributed by atoms with Gasteiger partial charge in [0.2, 0.25) is 5.88 Å². The maximum atomic E-state index is 11.3. The Labute approximate surface area is 113 Å². The van der Waals surface area contributed by atoms with Crippen molar-refractivity contribution in [2.24, 2.45) is 0 Å². The van der Waals surface area contributed by atoms with Gasteiger partial charge in [0, 0.05) is 0 Å². The summed E-state index contributed by atoms with van der Waals surface area (Å²) in [5, 5.41) is 8.96. The predicted octanol–water partition coefficient (Wildman–Crippen LogP) is 1.58. The Bertz CT molecular complexity index is 708. The highest BCUT2D eigenvalue weighted by molar-refractivity contribution is 5.88. The largest absolute Gasteiger partial charge is 0.493 e. The molecule has 0 radical (unpaired) electrons. The Kier molecular flexibility index (Phi) is 3.69. The minimum absolute atomic E-state index is 0.0439. The zero-order valence-electron chi connectivity index (χ0n) is 10.8. The zero-order valence-corrected chi connectivity index (χ0v) is 10.8. The number of carbonyl (C=O) groups is 1. The maximum absolute atomic E-state index is 11.3. The summed E-state index contributed by atoms with van der Waals surface area (Å²) < 4.78 is 10.5. The molecule has 7 heteroatoms. The van der Waals surface area contributed by atoms with Crippen LogP contribution in [0.25, 0.3) is 0 Å².